The molecular weight excluding hydrogens is 290 g/mol. The lowest BCUT2D eigenvalue weighted by Crippen LogP contribution is -1.89. The first-order valence-electron chi connectivity index (χ1n) is 5.06. The van der Waals surface area contributed by atoms with Gasteiger partial charge in [-0.3, -0.25) is 0 Å². The summed E-state index contributed by atoms with van der Waals surface area (Å²) in [5.74, 6) is -0.191. The predicted octanol–water partition coefficient (Wildman–Crippen LogP) is 3.97. The number of anilines is 1. The van der Waals surface area contributed by atoms with E-state index >= 15 is 0 Å². The molecule has 2 aromatic rings. The van der Waals surface area contributed by atoms with Crippen molar-refractivity contribution in [2.45, 2.75) is 10.6 Å². The first-order chi connectivity index (χ1) is 8.56. The highest BCUT2D eigenvalue weighted by atomic mass is 35.5. The van der Waals surface area contributed by atoms with Crippen molar-refractivity contribution in [1.82, 2.24) is 0 Å². The van der Waals surface area contributed by atoms with Gasteiger partial charge in [-0.1, -0.05) is 11.6 Å². The third-order valence-electron chi connectivity index (χ3n) is 2.20. The summed E-state index contributed by atoms with van der Waals surface area (Å²) in [6, 6.07) is 8.82. The van der Waals surface area contributed by atoms with Crippen LogP contribution in [0.4, 0.5) is 5.69 Å². The standard InChI is InChI=1S/C12H10ClNO2S2/c13-9-5-7(14)1-3-10(9)17-6-8-2-4-11(18-8)12(15)16/h1-5H,6,14H2,(H,15,16). The lowest BCUT2D eigenvalue weighted by molar-refractivity contribution is 0.0702. The fourth-order valence-corrected chi connectivity index (χ4v) is 3.52. The second-order valence-electron chi connectivity index (χ2n) is 3.55. The number of rotatable bonds is 4. The molecule has 6 heteroatoms. The van der Waals surface area contributed by atoms with Crippen molar-refractivity contribution in [3.63, 3.8) is 0 Å². The van der Waals surface area contributed by atoms with Gasteiger partial charge in [0.1, 0.15) is 4.88 Å². The van der Waals surface area contributed by atoms with Gasteiger partial charge in [0.15, 0.2) is 0 Å². The first-order valence-corrected chi connectivity index (χ1v) is 7.24. The number of nitrogens with two attached hydrogens (primary N) is 1. The molecule has 0 spiro atoms. The van der Waals surface area contributed by atoms with Crippen molar-refractivity contribution in [2.75, 3.05) is 5.73 Å². The molecule has 1 aromatic carbocycles. The van der Waals surface area contributed by atoms with Gasteiger partial charge in [-0.2, -0.15) is 0 Å². The predicted molar refractivity (Wildman–Crippen MR) is 76.7 cm³/mol. The molecule has 0 saturated carbocycles. The Morgan fingerprint density at radius 2 is 2.17 bits per heavy atom. The number of carboxylic acid groups (broad SMARTS) is 1. The van der Waals surface area contributed by atoms with Crippen LogP contribution in [0.15, 0.2) is 35.2 Å². The van der Waals surface area contributed by atoms with Crippen LogP contribution in [-0.4, -0.2) is 11.1 Å². The van der Waals surface area contributed by atoms with E-state index in [1.165, 1.54) is 11.3 Å². The van der Waals surface area contributed by atoms with Gasteiger partial charge in [0, 0.05) is 21.2 Å². The third kappa shape index (κ3) is 3.19. The second-order valence-corrected chi connectivity index (χ2v) is 6.14. The lowest BCUT2D eigenvalue weighted by Gasteiger charge is -2.03. The van der Waals surface area contributed by atoms with Crippen LogP contribution in [0.2, 0.25) is 5.02 Å². The molecule has 0 aliphatic carbocycles. The summed E-state index contributed by atoms with van der Waals surface area (Å²) < 4.78 is 0. The first kappa shape index (κ1) is 13.3. The van der Waals surface area contributed by atoms with Gasteiger partial charge in [0.05, 0.1) is 5.02 Å². The molecule has 0 aliphatic rings. The molecular formula is C12H10ClNO2S2. The van der Waals surface area contributed by atoms with E-state index in [1.54, 1.807) is 30.0 Å². The SMILES string of the molecule is Nc1ccc(SCc2ccc(C(=O)O)s2)c(Cl)c1. The Bertz CT molecular complexity index is 583. The van der Waals surface area contributed by atoms with Crippen molar-refractivity contribution in [2.24, 2.45) is 0 Å². The van der Waals surface area contributed by atoms with Gasteiger partial charge in [-0.15, -0.1) is 23.1 Å². The summed E-state index contributed by atoms with van der Waals surface area (Å²) in [4.78, 5) is 13.1. The highest BCUT2D eigenvalue weighted by Crippen LogP contribution is 2.32. The van der Waals surface area contributed by atoms with Crippen molar-refractivity contribution in [3.05, 3.63) is 45.1 Å². The lowest BCUT2D eigenvalue weighted by atomic mass is 10.3. The molecule has 0 saturated heterocycles. The number of thiophene rings is 1. The van der Waals surface area contributed by atoms with Crippen LogP contribution < -0.4 is 5.73 Å². The number of benzene rings is 1. The molecule has 0 bridgehead atoms. The molecule has 0 unspecified atom stereocenters. The number of carboxylic acids is 1. The number of aromatic carboxylic acids is 1. The number of nitrogen functional groups attached to an aromatic ring is 1. The van der Waals surface area contributed by atoms with Crippen LogP contribution in [0.1, 0.15) is 14.5 Å². The van der Waals surface area contributed by atoms with Gasteiger partial charge >= 0.3 is 5.97 Å². The molecule has 1 heterocycles. The zero-order valence-electron chi connectivity index (χ0n) is 9.22. The Morgan fingerprint density at radius 3 is 2.78 bits per heavy atom. The van der Waals surface area contributed by atoms with Gasteiger partial charge in [0.25, 0.3) is 0 Å². The Labute approximate surface area is 118 Å². The number of hydrogen-bond donors (Lipinski definition) is 2. The molecule has 18 heavy (non-hydrogen) atoms. The third-order valence-corrected chi connectivity index (χ3v) is 5.00. The van der Waals surface area contributed by atoms with Gasteiger partial charge in [-0.25, -0.2) is 4.79 Å². The second kappa shape index (κ2) is 5.65. The van der Waals surface area contributed by atoms with Gasteiger partial charge in [-0.05, 0) is 30.3 Å². The number of hydrogen-bond acceptors (Lipinski definition) is 4. The molecule has 0 atom stereocenters. The molecule has 1 aromatic heterocycles. The van der Waals surface area contributed by atoms with Crippen molar-refractivity contribution in [1.29, 1.82) is 0 Å². The summed E-state index contributed by atoms with van der Waals surface area (Å²) in [5.41, 5.74) is 6.25. The molecule has 0 radical (unpaired) electrons. The number of carbonyl (C=O) groups is 1. The summed E-state index contributed by atoms with van der Waals surface area (Å²) in [6.07, 6.45) is 0. The molecule has 0 amide bonds. The fourth-order valence-electron chi connectivity index (χ4n) is 1.35. The maximum Gasteiger partial charge on any atom is 0.345 e. The summed E-state index contributed by atoms with van der Waals surface area (Å²) in [5, 5.41) is 9.45. The smallest absolute Gasteiger partial charge is 0.345 e. The average molecular weight is 300 g/mol. The van der Waals surface area contributed by atoms with Crippen LogP contribution in [0, 0.1) is 0 Å². The van der Waals surface area contributed by atoms with Gasteiger partial charge < -0.3 is 10.8 Å². The van der Waals surface area contributed by atoms with E-state index in [1.807, 2.05) is 12.1 Å². The zero-order valence-corrected chi connectivity index (χ0v) is 11.6. The van der Waals surface area contributed by atoms with E-state index in [0.717, 1.165) is 9.77 Å². The van der Waals surface area contributed by atoms with Crippen LogP contribution in [0.5, 0.6) is 0 Å². The van der Waals surface area contributed by atoms with Gasteiger partial charge in [0.2, 0.25) is 0 Å². The van der Waals surface area contributed by atoms with Crippen LogP contribution in [0.25, 0.3) is 0 Å². The van der Waals surface area contributed by atoms with Crippen molar-refractivity contribution in [3.8, 4) is 0 Å². The Balaban J connectivity index is 2.04. The fraction of sp³-hybridized carbons (Fsp3) is 0.0833. The summed E-state index contributed by atoms with van der Waals surface area (Å²) in [7, 11) is 0. The van der Waals surface area contributed by atoms with E-state index in [4.69, 9.17) is 22.4 Å². The monoisotopic (exact) mass is 299 g/mol. The minimum absolute atomic E-state index is 0.356. The normalized spacial score (nSPS) is 10.5. The summed E-state index contributed by atoms with van der Waals surface area (Å²) in [6.45, 7) is 0. The molecule has 2 rings (SSSR count). The molecule has 3 nitrogen and oxygen atoms in total. The van der Waals surface area contributed by atoms with E-state index in [9.17, 15) is 4.79 Å². The number of halogens is 1. The Kier molecular flexibility index (Phi) is 4.16. The molecule has 3 N–H and O–H groups in total. The minimum atomic E-state index is -0.887. The number of thioether (sulfide) groups is 1. The minimum Gasteiger partial charge on any atom is -0.477 e. The van der Waals surface area contributed by atoms with E-state index in [2.05, 4.69) is 0 Å². The van der Waals surface area contributed by atoms with Crippen LogP contribution in [0.3, 0.4) is 0 Å². The average Bonchev–Trinajstić information content (AvgIpc) is 2.76. The molecule has 0 fully saturated rings. The Morgan fingerprint density at radius 1 is 1.39 bits per heavy atom. The van der Waals surface area contributed by atoms with E-state index in [0.29, 0.717) is 21.3 Å². The van der Waals surface area contributed by atoms with Crippen molar-refractivity contribution < 1.29 is 9.90 Å². The van der Waals surface area contributed by atoms with Crippen LogP contribution >= 0.6 is 34.7 Å². The maximum absolute atomic E-state index is 10.7. The largest absolute Gasteiger partial charge is 0.477 e. The van der Waals surface area contributed by atoms with E-state index in [-0.39, 0.29) is 0 Å². The maximum atomic E-state index is 10.7. The Hall–Kier alpha value is -1.17. The zero-order chi connectivity index (χ0) is 13.1. The van der Waals surface area contributed by atoms with Crippen molar-refractivity contribution >= 4 is 46.4 Å². The quantitative estimate of drug-likeness (QED) is 0.662. The van der Waals surface area contributed by atoms with Crippen LogP contribution in [-0.2, 0) is 5.75 Å². The highest BCUT2D eigenvalue weighted by Gasteiger charge is 2.08. The molecule has 0 aliphatic heterocycles. The topological polar surface area (TPSA) is 63.3 Å². The summed E-state index contributed by atoms with van der Waals surface area (Å²) >= 11 is 8.90. The highest BCUT2D eigenvalue weighted by molar-refractivity contribution is 7.98. The molecule has 94 valence electrons. The van der Waals surface area contributed by atoms with E-state index < -0.39 is 5.97 Å².